The minimum Gasteiger partial charge on any atom is -0.337 e. The number of nitrogens with one attached hydrogen (secondary N) is 2. The average Bonchev–Trinajstić information content (AvgIpc) is 3.36. The SMILES string of the molecule is C[C@@H](CN1CCN(C)CC1)NC(=O)NCC1(c2ccccc2F)CC1. The lowest BCUT2D eigenvalue weighted by atomic mass is 9.95. The predicted molar refractivity (Wildman–Crippen MR) is 97.2 cm³/mol. The van der Waals surface area contributed by atoms with Gasteiger partial charge in [-0.25, -0.2) is 9.18 Å². The molecule has 6 heteroatoms. The van der Waals surface area contributed by atoms with Crippen molar-refractivity contribution in [2.75, 3.05) is 46.3 Å². The molecule has 1 heterocycles. The third-order valence-electron chi connectivity index (χ3n) is 5.39. The molecule has 1 saturated heterocycles. The van der Waals surface area contributed by atoms with Crippen LogP contribution in [-0.4, -0.2) is 68.2 Å². The van der Waals surface area contributed by atoms with E-state index in [1.807, 2.05) is 19.1 Å². The fourth-order valence-corrected chi connectivity index (χ4v) is 3.57. The third kappa shape index (κ3) is 4.70. The number of halogens is 1. The van der Waals surface area contributed by atoms with E-state index in [2.05, 4.69) is 27.5 Å². The van der Waals surface area contributed by atoms with Crippen molar-refractivity contribution in [2.24, 2.45) is 0 Å². The van der Waals surface area contributed by atoms with Gasteiger partial charge in [-0.2, -0.15) is 0 Å². The molecular weight excluding hydrogens is 319 g/mol. The number of piperazine rings is 1. The quantitative estimate of drug-likeness (QED) is 0.824. The predicted octanol–water partition coefficient (Wildman–Crippen LogP) is 1.79. The molecule has 1 aromatic carbocycles. The summed E-state index contributed by atoms with van der Waals surface area (Å²) in [6, 6.07) is 6.81. The van der Waals surface area contributed by atoms with E-state index in [4.69, 9.17) is 0 Å². The second-order valence-electron chi connectivity index (χ2n) is 7.59. The van der Waals surface area contributed by atoms with Gasteiger partial charge >= 0.3 is 6.03 Å². The van der Waals surface area contributed by atoms with E-state index in [1.54, 1.807) is 6.07 Å². The number of carbonyl (C=O) groups is 1. The van der Waals surface area contributed by atoms with Gasteiger partial charge in [0.05, 0.1) is 0 Å². The highest BCUT2D eigenvalue weighted by molar-refractivity contribution is 5.74. The second-order valence-corrected chi connectivity index (χ2v) is 7.59. The van der Waals surface area contributed by atoms with Gasteiger partial charge in [-0.1, -0.05) is 18.2 Å². The zero-order valence-electron chi connectivity index (χ0n) is 15.2. The fourth-order valence-electron chi connectivity index (χ4n) is 3.57. The van der Waals surface area contributed by atoms with Crippen LogP contribution >= 0.6 is 0 Å². The lowest BCUT2D eigenvalue weighted by molar-refractivity contribution is 0.144. The van der Waals surface area contributed by atoms with E-state index < -0.39 is 0 Å². The van der Waals surface area contributed by atoms with Crippen molar-refractivity contribution in [3.05, 3.63) is 35.6 Å². The lowest BCUT2D eigenvalue weighted by Gasteiger charge is -2.34. The van der Waals surface area contributed by atoms with Crippen LogP contribution in [-0.2, 0) is 5.41 Å². The van der Waals surface area contributed by atoms with Crippen LogP contribution in [0.5, 0.6) is 0 Å². The van der Waals surface area contributed by atoms with Crippen LogP contribution in [0.4, 0.5) is 9.18 Å². The Balaban J connectivity index is 1.43. The topological polar surface area (TPSA) is 47.6 Å². The molecule has 2 amide bonds. The molecule has 0 radical (unpaired) electrons. The monoisotopic (exact) mass is 348 g/mol. The van der Waals surface area contributed by atoms with Gasteiger partial charge in [0.1, 0.15) is 5.82 Å². The Bertz CT molecular complexity index is 597. The molecule has 5 nitrogen and oxygen atoms in total. The first-order valence-corrected chi connectivity index (χ1v) is 9.19. The number of hydrogen-bond donors (Lipinski definition) is 2. The molecule has 1 atom stereocenters. The fraction of sp³-hybridized carbons (Fsp3) is 0.632. The van der Waals surface area contributed by atoms with Crippen molar-refractivity contribution in [1.82, 2.24) is 20.4 Å². The average molecular weight is 348 g/mol. The molecule has 2 N–H and O–H groups in total. The maximum atomic E-state index is 14.0. The number of hydrogen-bond acceptors (Lipinski definition) is 3. The van der Waals surface area contributed by atoms with Crippen LogP contribution in [0.3, 0.4) is 0 Å². The molecule has 1 saturated carbocycles. The molecule has 3 rings (SSSR count). The summed E-state index contributed by atoms with van der Waals surface area (Å²) >= 11 is 0. The van der Waals surface area contributed by atoms with Crippen LogP contribution in [0.15, 0.2) is 24.3 Å². The number of carbonyl (C=O) groups excluding carboxylic acids is 1. The first-order chi connectivity index (χ1) is 12.0. The molecule has 2 fully saturated rings. The number of benzene rings is 1. The van der Waals surface area contributed by atoms with E-state index >= 15 is 0 Å². The van der Waals surface area contributed by atoms with Crippen molar-refractivity contribution < 1.29 is 9.18 Å². The molecule has 2 aliphatic rings. The second kappa shape index (κ2) is 7.70. The van der Waals surface area contributed by atoms with Gasteiger partial charge in [0.25, 0.3) is 0 Å². The Morgan fingerprint density at radius 2 is 1.92 bits per heavy atom. The smallest absolute Gasteiger partial charge is 0.315 e. The molecule has 1 aromatic rings. The van der Waals surface area contributed by atoms with Crippen LogP contribution in [0, 0.1) is 5.82 Å². The molecular formula is C19H29FN4O. The van der Waals surface area contributed by atoms with Gasteiger partial charge < -0.3 is 15.5 Å². The molecule has 25 heavy (non-hydrogen) atoms. The van der Waals surface area contributed by atoms with Gasteiger partial charge in [0, 0.05) is 50.7 Å². The highest BCUT2D eigenvalue weighted by Crippen LogP contribution is 2.48. The molecule has 0 spiro atoms. The summed E-state index contributed by atoms with van der Waals surface area (Å²) in [5, 5.41) is 5.95. The van der Waals surface area contributed by atoms with Crippen LogP contribution in [0.25, 0.3) is 0 Å². The molecule has 1 aliphatic heterocycles. The summed E-state index contributed by atoms with van der Waals surface area (Å²) in [6.45, 7) is 7.61. The van der Waals surface area contributed by atoms with Crippen LogP contribution in [0.2, 0.25) is 0 Å². The maximum Gasteiger partial charge on any atom is 0.315 e. The number of rotatable bonds is 6. The Hall–Kier alpha value is -1.66. The summed E-state index contributed by atoms with van der Waals surface area (Å²) < 4.78 is 14.0. The van der Waals surface area contributed by atoms with Gasteiger partial charge in [-0.15, -0.1) is 0 Å². The molecule has 0 bridgehead atoms. The van der Waals surface area contributed by atoms with Crippen molar-refractivity contribution in [3.8, 4) is 0 Å². The Morgan fingerprint density at radius 3 is 2.56 bits per heavy atom. The first kappa shape index (κ1) is 18.1. The van der Waals surface area contributed by atoms with E-state index in [-0.39, 0.29) is 23.3 Å². The first-order valence-electron chi connectivity index (χ1n) is 9.19. The minimum absolute atomic E-state index is 0.0898. The number of urea groups is 1. The third-order valence-corrected chi connectivity index (χ3v) is 5.39. The molecule has 1 aliphatic carbocycles. The van der Waals surface area contributed by atoms with Gasteiger partial charge in [0.15, 0.2) is 0 Å². The van der Waals surface area contributed by atoms with E-state index in [9.17, 15) is 9.18 Å². The summed E-state index contributed by atoms with van der Waals surface area (Å²) in [4.78, 5) is 16.9. The largest absolute Gasteiger partial charge is 0.337 e. The van der Waals surface area contributed by atoms with Crippen molar-refractivity contribution >= 4 is 6.03 Å². The highest BCUT2D eigenvalue weighted by Gasteiger charge is 2.46. The normalized spacial score (nSPS) is 21.6. The summed E-state index contributed by atoms with van der Waals surface area (Å²) in [5.41, 5.74) is 0.504. The van der Waals surface area contributed by atoms with E-state index in [0.717, 1.165) is 51.1 Å². The van der Waals surface area contributed by atoms with Crippen molar-refractivity contribution in [2.45, 2.75) is 31.2 Å². The zero-order valence-corrected chi connectivity index (χ0v) is 15.2. The molecule has 0 unspecified atom stereocenters. The zero-order chi connectivity index (χ0) is 17.9. The standard InChI is InChI=1S/C19H29FN4O/c1-15(13-24-11-9-23(2)10-12-24)22-18(25)21-14-19(7-8-19)16-5-3-4-6-17(16)20/h3-6,15H,7-14H2,1-2H3,(H2,21,22,25)/t15-/m0/s1. The van der Waals surface area contributed by atoms with Crippen LogP contribution in [0.1, 0.15) is 25.3 Å². The summed E-state index contributed by atoms with van der Waals surface area (Å²) in [5.74, 6) is -0.175. The maximum absolute atomic E-state index is 14.0. The van der Waals surface area contributed by atoms with Gasteiger partial charge in [-0.3, -0.25) is 4.90 Å². The summed E-state index contributed by atoms with van der Waals surface area (Å²) in [6.07, 6.45) is 1.84. The summed E-state index contributed by atoms with van der Waals surface area (Å²) in [7, 11) is 2.13. The van der Waals surface area contributed by atoms with Crippen LogP contribution < -0.4 is 10.6 Å². The molecule has 138 valence electrons. The van der Waals surface area contributed by atoms with Crippen molar-refractivity contribution in [1.29, 1.82) is 0 Å². The van der Waals surface area contributed by atoms with E-state index in [1.165, 1.54) is 6.07 Å². The molecule has 0 aromatic heterocycles. The van der Waals surface area contributed by atoms with Gasteiger partial charge in [-0.05, 0) is 38.4 Å². The van der Waals surface area contributed by atoms with E-state index in [0.29, 0.717) is 6.54 Å². The minimum atomic E-state index is -0.219. The number of amides is 2. The Morgan fingerprint density at radius 1 is 1.24 bits per heavy atom. The van der Waals surface area contributed by atoms with Crippen molar-refractivity contribution in [3.63, 3.8) is 0 Å². The number of likely N-dealkylation sites (N-methyl/N-ethyl adjacent to an activating group) is 1. The Labute approximate surface area is 149 Å². The highest BCUT2D eigenvalue weighted by atomic mass is 19.1. The van der Waals surface area contributed by atoms with Gasteiger partial charge in [0.2, 0.25) is 0 Å². The number of nitrogens with zero attached hydrogens (tertiary/aromatic N) is 2. The Kier molecular flexibility index (Phi) is 5.59. The lowest BCUT2D eigenvalue weighted by Crippen LogP contribution is -2.51.